The van der Waals surface area contributed by atoms with Crippen LogP contribution in [0.5, 0.6) is 11.5 Å². The number of aryl methyl sites for hydroxylation is 1. The summed E-state index contributed by atoms with van der Waals surface area (Å²) in [4.78, 5) is 12.4. The van der Waals surface area contributed by atoms with E-state index in [9.17, 15) is 13.2 Å². The normalized spacial score (nSPS) is 12.2. The van der Waals surface area contributed by atoms with Crippen LogP contribution < -0.4 is 19.1 Å². The number of anilines is 1. The lowest BCUT2D eigenvalue weighted by Gasteiger charge is -2.24. The molecule has 2 aromatic rings. The number of benzene rings is 2. The first-order chi connectivity index (χ1) is 13.6. The maximum absolute atomic E-state index is 12.4. The van der Waals surface area contributed by atoms with Gasteiger partial charge in [-0.1, -0.05) is 11.6 Å². The Morgan fingerprint density at radius 2 is 1.79 bits per heavy atom. The first kappa shape index (κ1) is 22.8. The molecule has 9 heteroatoms. The molecule has 158 valence electrons. The summed E-state index contributed by atoms with van der Waals surface area (Å²) in [6.07, 6.45) is 1.06. The van der Waals surface area contributed by atoms with Crippen molar-refractivity contribution in [2.24, 2.45) is 0 Å². The van der Waals surface area contributed by atoms with Crippen molar-refractivity contribution in [3.8, 4) is 11.5 Å². The average molecular weight is 441 g/mol. The second kappa shape index (κ2) is 9.84. The molecule has 7 nitrogen and oxygen atoms in total. The van der Waals surface area contributed by atoms with Gasteiger partial charge < -0.3 is 14.8 Å². The summed E-state index contributed by atoms with van der Waals surface area (Å²) in [7, 11) is -2.08. The fraction of sp³-hybridized carbons (Fsp3) is 0.350. The van der Waals surface area contributed by atoms with Gasteiger partial charge in [0.15, 0.2) is 0 Å². The first-order valence-corrected chi connectivity index (χ1v) is 11.1. The van der Waals surface area contributed by atoms with Crippen molar-refractivity contribution in [2.45, 2.75) is 19.9 Å². The maximum Gasteiger partial charge on any atom is 0.241 e. The van der Waals surface area contributed by atoms with Gasteiger partial charge in [-0.25, -0.2) is 8.42 Å². The van der Waals surface area contributed by atoms with Gasteiger partial charge in [0, 0.05) is 5.02 Å². The summed E-state index contributed by atoms with van der Waals surface area (Å²) in [6.45, 7) is 3.41. The Morgan fingerprint density at radius 1 is 1.17 bits per heavy atom. The Kier molecular flexibility index (Phi) is 7.75. The van der Waals surface area contributed by atoms with E-state index in [4.69, 9.17) is 21.1 Å². The SMILES string of the molecule is COc1ccc(OC[C@@H](C)NC(=O)CN(c2ccc(Cl)cc2C)S(C)(=O)=O)cc1. The topological polar surface area (TPSA) is 84.9 Å². The van der Waals surface area contributed by atoms with Crippen LogP contribution in [0.1, 0.15) is 12.5 Å². The number of nitrogens with one attached hydrogen (secondary N) is 1. The van der Waals surface area contributed by atoms with Crippen molar-refractivity contribution < 1.29 is 22.7 Å². The van der Waals surface area contributed by atoms with E-state index < -0.39 is 15.9 Å². The molecule has 2 aromatic carbocycles. The van der Waals surface area contributed by atoms with Gasteiger partial charge in [-0.3, -0.25) is 9.10 Å². The number of hydrogen-bond donors (Lipinski definition) is 1. The van der Waals surface area contributed by atoms with Crippen LogP contribution in [0.2, 0.25) is 5.02 Å². The highest BCUT2D eigenvalue weighted by Crippen LogP contribution is 2.25. The summed E-state index contributed by atoms with van der Waals surface area (Å²) in [5.41, 5.74) is 1.07. The predicted molar refractivity (Wildman–Crippen MR) is 114 cm³/mol. The highest BCUT2D eigenvalue weighted by Gasteiger charge is 2.23. The molecule has 2 rings (SSSR count). The van der Waals surface area contributed by atoms with Crippen molar-refractivity contribution >= 4 is 33.2 Å². The Labute approximate surface area is 176 Å². The zero-order valence-corrected chi connectivity index (χ0v) is 18.4. The summed E-state index contributed by atoms with van der Waals surface area (Å²) in [5.74, 6) is 0.925. The number of carbonyl (C=O) groups excluding carboxylic acids is 1. The van der Waals surface area contributed by atoms with Crippen molar-refractivity contribution in [3.05, 3.63) is 53.1 Å². The molecule has 0 aromatic heterocycles. The fourth-order valence-corrected chi connectivity index (χ4v) is 3.81. The quantitative estimate of drug-likeness (QED) is 0.647. The minimum absolute atomic E-state index is 0.233. The van der Waals surface area contributed by atoms with Gasteiger partial charge in [-0.05, 0) is 61.9 Å². The minimum Gasteiger partial charge on any atom is -0.497 e. The molecule has 0 spiro atoms. The van der Waals surface area contributed by atoms with Gasteiger partial charge in [-0.15, -0.1) is 0 Å². The molecule has 29 heavy (non-hydrogen) atoms. The molecule has 0 bridgehead atoms. The molecule has 0 fully saturated rings. The Bertz CT molecular complexity index is 948. The third kappa shape index (κ3) is 6.83. The molecular weight excluding hydrogens is 416 g/mol. The monoisotopic (exact) mass is 440 g/mol. The van der Waals surface area contributed by atoms with Crippen molar-refractivity contribution in [1.82, 2.24) is 5.32 Å². The molecule has 0 saturated carbocycles. The van der Waals surface area contributed by atoms with Gasteiger partial charge >= 0.3 is 0 Å². The van der Waals surface area contributed by atoms with E-state index in [0.717, 1.165) is 16.3 Å². The van der Waals surface area contributed by atoms with Crippen molar-refractivity contribution in [2.75, 3.05) is 30.8 Å². The van der Waals surface area contributed by atoms with E-state index >= 15 is 0 Å². The van der Waals surface area contributed by atoms with Crippen LogP contribution in [0.15, 0.2) is 42.5 Å². The largest absolute Gasteiger partial charge is 0.497 e. The molecule has 0 heterocycles. The lowest BCUT2D eigenvalue weighted by Crippen LogP contribution is -2.45. The molecule has 0 unspecified atom stereocenters. The number of halogens is 1. The lowest BCUT2D eigenvalue weighted by molar-refractivity contribution is -0.120. The Morgan fingerprint density at radius 3 is 2.34 bits per heavy atom. The van der Waals surface area contributed by atoms with Crippen LogP contribution in [-0.4, -0.2) is 46.9 Å². The smallest absolute Gasteiger partial charge is 0.241 e. The number of hydrogen-bond acceptors (Lipinski definition) is 5. The molecule has 1 amide bonds. The number of rotatable bonds is 9. The molecule has 0 aliphatic carbocycles. The zero-order chi connectivity index (χ0) is 21.6. The lowest BCUT2D eigenvalue weighted by atomic mass is 10.2. The van der Waals surface area contributed by atoms with Gasteiger partial charge in [-0.2, -0.15) is 0 Å². The van der Waals surface area contributed by atoms with Crippen LogP contribution in [0, 0.1) is 6.92 Å². The zero-order valence-electron chi connectivity index (χ0n) is 16.8. The van der Waals surface area contributed by atoms with E-state index in [2.05, 4.69) is 5.32 Å². The molecule has 0 aliphatic heterocycles. The highest BCUT2D eigenvalue weighted by atomic mass is 35.5. The number of nitrogens with zero attached hydrogens (tertiary/aromatic N) is 1. The molecule has 1 N–H and O–H groups in total. The van der Waals surface area contributed by atoms with Gasteiger partial charge in [0.2, 0.25) is 15.9 Å². The van der Waals surface area contributed by atoms with Crippen molar-refractivity contribution in [3.63, 3.8) is 0 Å². The minimum atomic E-state index is -3.66. The number of ether oxygens (including phenoxy) is 2. The summed E-state index contributed by atoms with van der Waals surface area (Å²) in [6, 6.07) is 11.6. The number of amides is 1. The fourth-order valence-electron chi connectivity index (χ4n) is 2.67. The third-order valence-corrected chi connectivity index (χ3v) is 5.44. The van der Waals surface area contributed by atoms with Crippen LogP contribution in [-0.2, 0) is 14.8 Å². The van der Waals surface area contributed by atoms with Gasteiger partial charge in [0.25, 0.3) is 0 Å². The second-order valence-corrected chi connectivity index (χ2v) is 9.00. The third-order valence-electron chi connectivity index (χ3n) is 4.08. The van der Waals surface area contributed by atoms with E-state index in [-0.39, 0.29) is 19.2 Å². The van der Waals surface area contributed by atoms with Crippen LogP contribution in [0.3, 0.4) is 0 Å². The molecule has 0 saturated heterocycles. The molecular formula is C20H25ClN2O5S. The molecule has 1 atom stereocenters. The second-order valence-electron chi connectivity index (χ2n) is 6.66. The standard InChI is InChI=1S/C20H25ClN2O5S/c1-14-11-16(21)5-10-19(14)23(29(4,25)26)12-20(24)22-15(2)13-28-18-8-6-17(27-3)7-9-18/h5-11,15H,12-13H2,1-4H3,(H,22,24)/t15-/m1/s1. The van der Waals surface area contributed by atoms with Gasteiger partial charge in [0.1, 0.15) is 24.7 Å². The Balaban J connectivity index is 1.98. The predicted octanol–water partition coefficient (Wildman–Crippen LogP) is 3.01. The van der Waals surface area contributed by atoms with E-state index in [1.165, 1.54) is 0 Å². The van der Waals surface area contributed by atoms with E-state index in [0.29, 0.717) is 22.0 Å². The number of carbonyl (C=O) groups is 1. The van der Waals surface area contributed by atoms with Crippen molar-refractivity contribution in [1.29, 1.82) is 0 Å². The summed E-state index contributed by atoms with van der Waals surface area (Å²) in [5, 5.41) is 3.25. The van der Waals surface area contributed by atoms with Crippen LogP contribution in [0.4, 0.5) is 5.69 Å². The summed E-state index contributed by atoms with van der Waals surface area (Å²) >= 11 is 5.94. The average Bonchev–Trinajstić information content (AvgIpc) is 2.64. The van der Waals surface area contributed by atoms with E-state index in [1.807, 2.05) is 0 Å². The number of methoxy groups -OCH3 is 1. The maximum atomic E-state index is 12.4. The van der Waals surface area contributed by atoms with E-state index in [1.54, 1.807) is 63.4 Å². The highest BCUT2D eigenvalue weighted by molar-refractivity contribution is 7.92. The number of sulfonamides is 1. The van der Waals surface area contributed by atoms with Crippen LogP contribution >= 0.6 is 11.6 Å². The summed E-state index contributed by atoms with van der Waals surface area (Å²) < 4.78 is 36.3. The first-order valence-electron chi connectivity index (χ1n) is 8.90. The molecule has 0 aliphatic rings. The Hall–Kier alpha value is -2.45. The molecule has 0 radical (unpaired) electrons. The van der Waals surface area contributed by atoms with Gasteiger partial charge in [0.05, 0.1) is 25.1 Å². The van der Waals surface area contributed by atoms with Crippen LogP contribution in [0.25, 0.3) is 0 Å².